The highest BCUT2D eigenvalue weighted by molar-refractivity contribution is 7.89. The van der Waals surface area contributed by atoms with Crippen LogP contribution in [0.25, 0.3) is 11.5 Å². The van der Waals surface area contributed by atoms with E-state index < -0.39 is 21.2 Å². The standard InChI is InChI=1S/C18H20N4O5S/c1-3-26-18(23)21-8-10-22(11-9-21)28(24,25)17-15(12-19)20-16(27-17)14-6-4-13(2)5-7-14/h4-7H,3,8-11H2,1-2H3. The molecule has 1 fully saturated rings. The fourth-order valence-electron chi connectivity index (χ4n) is 2.81. The molecule has 1 saturated heterocycles. The molecule has 9 nitrogen and oxygen atoms in total. The van der Waals surface area contributed by atoms with E-state index in [-0.39, 0.29) is 44.4 Å². The third kappa shape index (κ3) is 3.85. The fraction of sp³-hybridized carbons (Fsp3) is 0.389. The normalized spacial score (nSPS) is 15.2. The Morgan fingerprint density at radius 2 is 1.89 bits per heavy atom. The molecular weight excluding hydrogens is 384 g/mol. The van der Waals surface area contributed by atoms with Gasteiger partial charge in [0.2, 0.25) is 5.89 Å². The fourth-order valence-corrected chi connectivity index (χ4v) is 4.21. The van der Waals surface area contributed by atoms with Crippen LogP contribution in [0.3, 0.4) is 0 Å². The highest BCUT2D eigenvalue weighted by Gasteiger charge is 2.36. The lowest BCUT2D eigenvalue weighted by Crippen LogP contribution is -2.50. The largest absolute Gasteiger partial charge is 0.450 e. The average Bonchev–Trinajstić information content (AvgIpc) is 3.14. The van der Waals surface area contributed by atoms with Crippen LogP contribution >= 0.6 is 0 Å². The molecule has 1 aromatic heterocycles. The van der Waals surface area contributed by atoms with Crippen molar-refractivity contribution in [2.45, 2.75) is 18.9 Å². The zero-order chi connectivity index (χ0) is 20.3. The van der Waals surface area contributed by atoms with Gasteiger partial charge in [0.15, 0.2) is 5.69 Å². The van der Waals surface area contributed by atoms with E-state index in [9.17, 15) is 18.5 Å². The molecule has 1 aliphatic heterocycles. The highest BCUT2D eigenvalue weighted by Crippen LogP contribution is 2.28. The van der Waals surface area contributed by atoms with Crippen LogP contribution in [0.5, 0.6) is 0 Å². The van der Waals surface area contributed by atoms with Crippen LogP contribution in [0.4, 0.5) is 4.79 Å². The number of hydrogen-bond acceptors (Lipinski definition) is 7. The Labute approximate surface area is 163 Å². The molecule has 148 valence electrons. The highest BCUT2D eigenvalue weighted by atomic mass is 32.2. The molecule has 10 heteroatoms. The maximum Gasteiger partial charge on any atom is 0.409 e. The third-order valence-corrected chi connectivity index (χ3v) is 6.13. The molecule has 1 aromatic carbocycles. The van der Waals surface area contributed by atoms with Gasteiger partial charge in [0, 0.05) is 31.7 Å². The number of ether oxygens (including phenoxy) is 1. The molecule has 0 unspecified atom stereocenters. The van der Waals surface area contributed by atoms with Gasteiger partial charge in [-0.25, -0.2) is 13.2 Å². The topological polar surface area (TPSA) is 117 Å². The Kier molecular flexibility index (Phi) is 5.67. The van der Waals surface area contributed by atoms with Crippen molar-refractivity contribution >= 4 is 16.1 Å². The lowest BCUT2D eigenvalue weighted by molar-refractivity contribution is 0.0932. The van der Waals surface area contributed by atoms with Gasteiger partial charge >= 0.3 is 6.09 Å². The summed E-state index contributed by atoms with van der Waals surface area (Å²) in [5.74, 6) is 0.0697. The Balaban J connectivity index is 1.83. The number of carbonyl (C=O) groups is 1. The molecular formula is C18H20N4O5S. The van der Waals surface area contributed by atoms with E-state index in [1.807, 2.05) is 19.1 Å². The van der Waals surface area contributed by atoms with Crippen LogP contribution in [0.15, 0.2) is 33.8 Å². The number of nitrogens with zero attached hydrogens (tertiary/aromatic N) is 4. The van der Waals surface area contributed by atoms with E-state index in [4.69, 9.17) is 9.15 Å². The molecule has 0 aliphatic carbocycles. The minimum Gasteiger partial charge on any atom is -0.450 e. The predicted molar refractivity (Wildman–Crippen MR) is 98.7 cm³/mol. The first-order valence-electron chi connectivity index (χ1n) is 8.76. The third-order valence-electron chi connectivity index (χ3n) is 4.34. The SMILES string of the molecule is CCOC(=O)N1CCN(S(=O)(=O)c2oc(-c3ccc(C)cc3)nc2C#N)CC1. The molecule has 2 heterocycles. The van der Waals surface area contributed by atoms with E-state index in [1.54, 1.807) is 25.1 Å². The van der Waals surface area contributed by atoms with Crippen molar-refractivity contribution in [2.24, 2.45) is 0 Å². The van der Waals surface area contributed by atoms with E-state index in [2.05, 4.69) is 4.98 Å². The maximum atomic E-state index is 13.0. The zero-order valence-corrected chi connectivity index (χ0v) is 16.4. The number of oxazole rings is 1. The molecule has 2 aromatic rings. The minimum absolute atomic E-state index is 0.0697. The number of aromatic nitrogens is 1. The number of aryl methyl sites for hydroxylation is 1. The smallest absolute Gasteiger partial charge is 0.409 e. The molecule has 1 amide bonds. The van der Waals surface area contributed by atoms with Crippen LogP contribution in [0.2, 0.25) is 0 Å². The minimum atomic E-state index is -4.06. The monoisotopic (exact) mass is 404 g/mol. The number of nitriles is 1. The van der Waals surface area contributed by atoms with Gasteiger partial charge in [-0.1, -0.05) is 17.7 Å². The van der Waals surface area contributed by atoms with Gasteiger partial charge in [0.25, 0.3) is 15.1 Å². The van der Waals surface area contributed by atoms with Crippen molar-refractivity contribution in [1.82, 2.24) is 14.2 Å². The first-order valence-corrected chi connectivity index (χ1v) is 10.2. The summed E-state index contributed by atoms with van der Waals surface area (Å²) in [4.78, 5) is 17.3. The second kappa shape index (κ2) is 8.00. The van der Waals surface area contributed by atoms with Crippen molar-refractivity contribution in [1.29, 1.82) is 5.26 Å². The van der Waals surface area contributed by atoms with Crippen LogP contribution in [-0.2, 0) is 14.8 Å². The number of sulfonamides is 1. The number of piperazine rings is 1. The van der Waals surface area contributed by atoms with Gasteiger partial charge < -0.3 is 14.1 Å². The predicted octanol–water partition coefficient (Wildman–Crippen LogP) is 1.98. The van der Waals surface area contributed by atoms with Crippen molar-refractivity contribution in [3.63, 3.8) is 0 Å². The van der Waals surface area contributed by atoms with E-state index in [0.29, 0.717) is 5.56 Å². The lowest BCUT2D eigenvalue weighted by atomic mass is 10.1. The Bertz CT molecular complexity index is 1000. The molecule has 28 heavy (non-hydrogen) atoms. The lowest BCUT2D eigenvalue weighted by Gasteiger charge is -2.32. The second-order valence-electron chi connectivity index (χ2n) is 6.22. The quantitative estimate of drug-likeness (QED) is 0.765. The Morgan fingerprint density at radius 3 is 2.46 bits per heavy atom. The summed E-state index contributed by atoms with van der Waals surface area (Å²) < 4.78 is 37.6. The van der Waals surface area contributed by atoms with E-state index in [0.717, 1.165) is 5.56 Å². The second-order valence-corrected chi connectivity index (χ2v) is 8.06. The molecule has 3 rings (SSSR count). The van der Waals surface area contributed by atoms with Gasteiger partial charge in [-0.3, -0.25) is 0 Å². The number of benzene rings is 1. The zero-order valence-electron chi connectivity index (χ0n) is 15.6. The molecule has 0 radical (unpaired) electrons. The molecule has 0 saturated carbocycles. The summed E-state index contributed by atoms with van der Waals surface area (Å²) in [7, 11) is -4.06. The number of amides is 1. The van der Waals surface area contributed by atoms with Gasteiger partial charge in [0.05, 0.1) is 6.61 Å². The Morgan fingerprint density at radius 1 is 1.25 bits per heavy atom. The molecule has 0 bridgehead atoms. The van der Waals surface area contributed by atoms with Crippen molar-refractivity contribution in [2.75, 3.05) is 32.8 Å². The first-order chi connectivity index (χ1) is 13.4. The molecule has 1 aliphatic rings. The van der Waals surface area contributed by atoms with Crippen LogP contribution < -0.4 is 0 Å². The number of rotatable bonds is 4. The maximum absolute atomic E-state index is 13.0. The molecule has 0 N–H and O–H groups in total. The van der Waals surface area contributed by atoms with Crippen molar-refractivity contribution in [3.8, 4) is 17.5 Å². The summed E-state index contributed by atoms with van der Waals surface area (Å²) in [5.41, 5.74) is 1.32. The summed E-state index contributed by atoms with van der Waals surface area (Å²) in [6.45, 7) is 4.42. The van der Waals surface area contributed by atoms with Gasteiger partial charge in [-0.05, 0) is 26.0 Å². The first kappa shape index (κ1) is 19.9. The van der Waals surface area contributed by atoms with E-state index in [1.165, 1.54) is 9.21 Å². The van der Waals surface area contributed by atoms with Crippen molar-refractivity contribution in [3.05, 3.63) is 35.5 Å². The van der Waals surface area contributed by atoms with Gasteiger partial charge in [-0.2, -0.15) is 14.6 Å². The van der Waals surface area contributed by atoms with Crippen LogP contribution in [0, 0.1) is 18.3 Å². The number of hydrogen-bond donors (Lipinski definition) is 0. The molecule has 0 spiro atoms. The summed E-state index contributed by atoms with van der Waals surface area (Å²) in [6.07, 6.45) is -0.474. The van der Waals surface area contributed by atoms with Crippen molar-refractivity contribution < 1.29 is 22.4 Å². The van der Waals surface area contributed by atoms with Gasteiger partial charge in [-0.15, -0.1) is 0 Å². The summed E-state index contributed by atoms with van der Waals surface area (Å²) in [5, 5.41) is 8.86. The summed E-state index contributed by atoms with van der Waals surface area (Å²) in [6, 6.07) is 8.97. The van der Waals surface area contributed by atoms with E-state index >= 15 is 0 Å². The molecule has 0 atom stereocenters. The Hall–Kier alpha value is -2.90. The average molecular weight is 404 g/mol. The van der Waals surface area contributed by atoms with Crippen LogP contribution in [0.1, 0.15) is 18.2 Å². The van der Waals surface area contributed by atoms with Crippen LogP contribution in [-0.4, -0.2) is 61.5 Å². The van der Waals surface area contributed by atoms with Gasteiger partial charge in [0.1, 0.15) is 6.07 Å². The summed E-state index contributed by atoms with van der Waals surface area (Å²) >= 11 is 0. The number of carbonyl (C=O) groups excluding carboxylic acids is 1.